The van der Waals surface area contributed by atoms with Gasteiger partial charge in [0, 0.05) is 30.4 Å². The molecule has 0 spiro atoms. The van der Waals surface area contributed by atoms with Crippen LogP contribution in [0.4, 0.5) is 0 Å². The van der Waals surface area contributed by atoms with E-state index in [1.165, 1.54) is 19.1 Å². The molecule has 0 radical (unpaired) electrons. The van der Waals surface area contributed by atoms with Crippen molar-refractivity contribution in [3.63, 3.8) is 0 Å². The predicted molar refractivity (Wildman–Crippen MR) is 78.7 cm³/mol. The molecule has 0 aliphatic carbocycles. The van der Waals surface area contributed by atoms with Crippen molar-refractivity contribution in [2.75, 3.05) is 6.54 Å². The lowest BCUT2D eigenvalue weighted by atomic mass is 10.2. The van der Waals surface area contributed by atoms with Crippen LogP contribution in [0.2, 0.25) is 0 Å². The van der Waals surface area contributed by atoms with E-state index in [4.69, 9.17) is 0 Å². The molecule has 2 rings (SSSR count). The molecular weight excluding hydrogens is 290 g/mol. The minimum atomic E-state index is -3.62. The van der Waals surface area contributed by atoms with Gasteiger partial charge < -0.3 is 4.98 Å². The fourth-order valence-corrected chi connectivity index (χ4v) is 2.96. The number of aryl methyl sites for hydroxylation is 1. The van der Waals surface area contributed by atoms with Crippen molar-refractivity contribution in [3.05, 3.63) is 47.5 Å². The maximum atomic E-state index is 12.2. The summed E-state index contributed by atoms with van der Waals surface area (Å²) in [5.41, 5.74) is 1.25. The fraction of sp³-hybridized carbons (Fsp3) is 0.286. The minimum absolute atomic E-state index is 0.0935. The number of carbonyl (C=O) groups excluding carboxylic acids is 1. The Morgan fingerprint density at radius 2 is 2.14 bits per heavy atom. The van der Waals surface area contributed by atoms with Crippen molar-refractivity contribution in [2.24, 2.45) is 0 Å². The number of hydrogen-bond donors (Lipinski definition) is 2. The van der Waals surface area contributed by atoms with Gasteiger partial charge in [-0.3, -0.25) is 4.79 Å². The molecule has 21 heavy (non-hydrogen) atoms. The first-order chi connectivity index (χ1) is 9.88. The molecule has 0 amide bonds. The van der Waals surface area contributed by atoms with Crippen LogP contribution in [0, 0.1) is 6.92 Å². The molecular formula is C14H17N3O3S. The molecule has 2 aromatic rings. The average molecular weight is 307 g/mol. The van der Waals surface area contributed by atoms with Crippen LogP contribution in [0.5, 0.6) is 0 Å². The van der Waals surface area contributed by atoms with E-state index in [0.717, 1.165) is 11.5 Å². The lowest BCUT2D eigenvalue weighted by Gasteiger charge is -2.07. The summed E-state index contributed by atoms with van der Waals surface area (Å²) in [4.78, 5) is 18.5. The van der Waals surface area contributed by atoms with Gasteiger partial charge in [-0.25, -0.2) is 18.1 Å². The quantitative estimate of drug-likeness (QED) is 0.790. The molecule has 1 aromatic heterocycles. The Bertz CT molecular complexity index is 750. The average Bonchev–Trinajstić information content (AvgIpc) is 2.84. The lowest BCUT2D eigenvalue weighted by molar-refractivity contribution is 0.101. The van der Waals surface area contributed by atoms with Crippen molar-refractivity contribution in [3.8, 4) is 0 Å². The zero-order valence-electron chi connectivity index (χ0n) is 11.9. The smallest absolute Gasteiger partial charge is 0.240 e. The molecule has 0 saturated carbocycles. The predicted octanol–water partition coefficient (Wildman–Crippen LogP) is 1.44. The van der Waals surface area contributed by atoms with Gasteiger partial charge >= 0.3 is 0 Å². The zero-order chi connectivity index (χ0) is 15.5. The van der Waals surface area contributed by atoms with Gasteiger partial charge in [-0.15, -0.1) is 0 Å². The van der Waals surface area contributed by atoms with Crippen LogP contribution in [-0.4, -0.2) is 30.7 Å². The number of aromatic nitrogens is 2. The molecule has 112 valence electrons. The summed E-state index contributed by atoms with van der Waals surface area (Å²) < 4.78 is 26.8. The van der Waals surface area contributed by atoms with E-state index in [9.17, 15) is 13.2 Å². The highest BCUT2D eigenvalue weighted by atomic mass is 32.2. The number of benzene rings is 1. The van der Waals surface area contributed by atoms with E-state index in [1.807, 2.05) is 6.92 Å². The van der Waals surface area contributed by atoms with E-state index in [1.54, 1.807) is 18.3 Å². The zero-order valence-corrected chi connectivity index (χ0v) is 12.7. The van der Waals surface area contributed by atoms with Crippen LogP contribution in [0.15, 0.2) is 35.4 Å². The second kappa shape index (κ2) is 6.19. The molecule has 0 atom stereocenters. The molecule has 1 heterocycles. The number of Topliss-reactive ketones (excluding diaryl/α,β-unsaturated/α-hetero) is 1. The SMILES string of the molecule is CC(=O)c1cccc(S(=O)(=O)NCCc2cnc(C)[nH]2)c1. The molecule has 0 aliphatic heterocycles. The minimum Gasteiger partial charge on any atom is -0.346 e. The Hall–Kier alpha value is -1.99. The number of ketones is 1. The van der Waals surface area contributed by atoms with Crippen LogP contribution in [0.1, 0.15) is 28.8 Å². The van der Waals surface area contributed by atoms with Crippen LogP contribution in [0.25, 0.3) is 0 Å². The number of carbonyl (C=O) groups is 1. The van der Waals surface area contributed by atoms with Crippen molar-refractivity contribution in [1.29, 1.82) is 0 Å². The number of hydrogen-bond acceptors (Lipinski definition) is 4. The summed E-state index contributed by atoms with van der Waals surface area (Å²) in [6.45, 7) is 3.49. The molecule has 0 saturated heterocycles. The highest BCUT2D eigenvalue weighted by Crippen LogP contribution is 2.12. The molecule has 1 aromatic carbocycles. The van der Waals surface area contributed by atoms with Gasteiger partial charge in [0.15, 0.2) is 5.78 Å². The topological polar surface area (TPSA) is 91.9 Å². The maximum Gasteiger partial charge on any atom is 0.240 e. The highest BCUT2D eigenvalue weighted by Gasteiger charge is 2.14. The van der Waals surface area contributed by atoms with Gasteiger partial charge in [0.2, 0.25) is 10.0 Å². The van der Waals surface area contributed by atoms with Crippen molar-refractivity contribution < 1.29 is 13.2 Å². The number of aromatic amines is 1. The number of sulfonamides is 1. The third-order valence-electron chi connectivity index (χ3n) is 2.99. The molecule has 0 unspecified atom stereocenters. The lowest BCUT2D eigenvalue weighted by Crippen LogP contribution is -2.26. The number of imidazole rings is 1. The maximum absolute atomic E-state index is 12.2. The third kappa shape index (κ3) is 3.99. The number of H-pyrrole nitrogens is 1. The second-order valence-electron chi connectivity index (χ2n) is 4.73. The van der Waals surface area contributed by atoms with E-state index < -0.39 is 10.0 Å². The first-order valence-corrected chi connectivity index (χ1v) is 7.98. The molecule has 0 fully saturated rings. The van der Waals surface area contributed by atoms with Crippen molar-refractivity contribution in [2.45, 2.75) is 25.2 Å². The van der Waals surface area contributed by atoms with E-state index >= 15 is 0 Å². The van der Waals surface area contributed by atoms with Gasteiger partial charge in [-0.2, -0.15) is 0 Å². The number of nitrogens with zero attached hydrogens (tertiary/aromatic N) is 1. The van der Waals surface area contributed by atoms with E-state index in [2.05, 4.69) is 14.7 Å². The third-order valence-corrected chi connectivity index (χ3v) is 4.45. The van der Waals surface area contributed by atoms with Crippen LogP contribution in [-0.2, 0) is 16.4 Å². The first-order valence-electron chi connectivity index (χ1n) is 6.49. The second-order valence-corrected chi connectivity index (χ2v) is 6.49. The number of rotatable bonds is 6. The van der Waals surface area contributed by atoms with Gasteiger partial charge in [-0.1, -0.05) is 12.1 Å². The molecule has 6 nitrogen and oxygen atoms in total. The first kappa shape index (κ1) is 15.4. The van der Waals surface area contributed by atoms with Gasteiger partial charge in [0.05, 0.1) is 4.90 Å². The van der Waals surface area contributed by atoms with Gasteiger partial charge in [-0.05, 0) is 26.0 Å². The van der Waals surface area contributed by atoms with E-state index in [-0.39, 0.29) is 17.2 Å². The Balaban J connectivity index is 2.04. The molecule has 0 aliphatic rings. The summed E-state index contributed by atoms with van der Waals surface area (Å²) in [6.07, 6.45) is 2.20. The fourth-order valence-electron chi connectivity index (χ4n) is 1.88. The van der Waals surface area contributed by atoms with Crippen molar-refractivity contribution >= 4 is 15.8 Å². The largest absolute Gasteiger partial charge is 0.346 e. The van der Waals surface area contributed by atoms with Crippen LogP contribution in [0.3, 0.4) is 0 Å². The van der Waals surface area contributed by atoms with Crippen LogP contribution < -0.4 is 4.72 Å². The molecule has 7 heteroatoms. The Morgan fingerprint density at radius 3 is 2.76 bits per heavy atom. The Morgan fingerprint density at radius 1 is 1.38 bits per heavy atom. The summed E-state index contributed by atoms with van der Waals surface area (Å²) >= 11 is 0. The molecule has 2 N–H and O–H groups in total. The van der Waals surface area contributed by atoms with Gasteiger partial charge in [0.1, 0.15) is 5.82 Å². The standard InChI is InChI=1S/C14H17N3O3S/c1-10(18)12-4-3-5-14(8-12)21(19,20)16-7-6-13-9-15-11(2)17-13/h3-5,8-9,16H,6-7H2,1-2H3,(H,15,17). The number of nitrogens with one attached hydrogen (secondary N) is 2. The Kier molecular flexibility index (Phi) is 4.54. The Labute approximate surface area is 123 Å². The monoisotopic (exact) mass is 307 g/mol. The summed E-state index contributed by atoms with van der Waals surface area (Å²) in [5.74, 6) is 0.627. The summed E-state index contributed by atoms with van der Waals surface area (Å²) in [7, 11) is -3.62. The highest BCUT2D eigenvalue weighted by molar-refractivity contribution is 7.89. The van der Waals surface area contributed by atoms with Gasteiger partial charge in [0.25, 0.3) is 0 Å². The normalized spacial score (nSPS) is 11.5. The van der Waals surface area contributed by atoms with Crippen molar-refractivity contribution in [1.82, 2.24) is 14.7 Å². The van der Waals surface area contributed by atoms with Crippen LogP contribution >= 0.6 is 0 Å². The van der Waals surface area contributed by atoms with E-state index in [0.29, 0.717) is 12.0 Å². The summed E-state index contributed by atoms with van der Waals surface area (Å²) in [5, 5.41) is 0. The molecule has 0 bridgehead atoms. The summed E-state index contributed by atoms with van der Waals surface area (Å²) in [6, 6.07) is 6.00.